The Hall–Kier alpha value is -2.04. The Bertz CT molecular complexity index is 581. The van der Waals surface area contributed by atoms with Crippen molar-refractivity contribution in [3.63, 3.8) is 0 Å². The lowest BCUT2D eigenvalue weighted by atomic mass is 10.1. The number of nitrogen functional groups attached to an aromatic ring is 1. The van der Waals surface area contributed by atoms with Gasteiger partial charge >= 0.3 is 0 Å². The summed E-state index contributed by atoms with van der Waals surface area (Å²) in [4.78, 5) is 26.7. The minimum absolute atomic E-state index is 0.00329. The Morgan fingerprint density at radius 3 is 2.71 bits per heavy atom. The first-order chi connectivity index (χ1) is 10.1. The molecule has 3 rings (SSSR count). The number of carbonyl (C=O) groups is 2. The van der Waals surface area contributed by atoms with Gasteiger partial charge in [-0.15, -0.1) is 0 Å². The van der Waals surface area contributed by atoms with Gasteiger partial charge in [-0.2, -0.15) is 0 Å². The van der Waals surface area contributed by atoms with Crippen LogP contribution in [0.1, 0.15) is 41.6 Å². The van der Waals surface area contributed by atoms with Crippen molar-refractivity contribution in [2.24, 2.45) is 0 Å². The van der Waals surface area contributed by atoms with Crippen LogP contribution in [0.5, 0.6) is 0 Å². The molecule has 2 aliphatic rings. The Morgan fingerprint density at radius 1 is 1.29 bits per heavy atom. The molecule has 0 radical (unpaired) electrons. The zero-order valence-electron chi connectivity index (χ0n) is 12.3. The van der Waals surface area contributed by atoms with E-state index in [0.29, 0.717) is 23.8 Å². The molecule has 21 heavy (non-hydrogen) atoms. The van der Waals surface area contributed by atoms with E-state index in [1.807, 2.05) is 6.92 Å². The van der Waals surface area contributed by atoms with E-state index in [4.69, 9.17) is 5.73 Å². The second-order valence-electron chi connectivity index (χ2n) is 6.01. The van der Waals surface area contributed by atoms with Crippen molar-refractivity contribution >= 4 is 17.5 Å². The van der Waals surface area contributed by atoms with E-state index in [0.717, 1.165) is 31.2 Å². The predicted molar refractivity (Wildman–Crippen MR) is 80.8 cm³/mol. The molecule has 1 saturated heterocycles. The molecule has 5 heteroatoms. The average molecular weight is 287 g/mol. The van der Waals surface area contributed by atoms with Gasteiger partial charge in [-0.05, 0) is 56.4 Å². The number of aryl methyl sites for hydroxylation is 1. The molecule has 1 aliphatic heterocycles. The second kappa shape index (κ2) is 5.39. The first kappa shape index (κ1) is 13.9. The van der Waals surface area contributed by atoms with Crippen molar-refractivity contribution in [2.75, 3.05) is 12.3 Å². The highest BCUT2D eigenvalue weighted by Gasteiger charge is 2.37. The summed E-state index contributed by atoms with van der Waals surface area (Å²) in [6, 6.07) is 5.28. The van der Waals surface area contributed by atoms with E-state index in [9.17, 15) is 9.59 Å². The van der Waals surface area contributed by atoms with Gasteiger partial charge in [0, 0.05) is 23.8 Å². The summed E-state index contributed by atoms with van der Waals surface area (Å²) in [5, 5.41) is 3.00. The third kappa shape index (κ3) is 2.86. The first-order valence-corrected chi connectivity index (χ1v) is 7.54. The summed E-state index contributed by atoms with van der Waals surface area (Å²) in [5.41, 5.74) is 7.87. The number of amides is 2. The van der Waals surface area contributed by atoms with Crippen molar-refractivity contribution < 1.29 is 9.59 Å². The second-order valence-corrected chi connectivity index (χ2v) is 6.01. The average Bonchev–Trinajstić information content (AvgIpc) is 3.11. The van der Waals surface area contributed by atoms with Gasteiger partial charge in [-0.1, -0.05) is 0 Å². The number of nitrogens with zero attached hydrogens (tertiary/aromatic N) is 1. The van der Waals surface area contributed by atoms with Gasteiger partial charge < -0.3 is 16.0 Å². The summed E-state index contributed by atoms with van der Waals surface area (Å²) in [5.74, 6) is -0.0719. The molecule has 0 bridgehead atoms. The van der Waals surface area contributed by atoms with Crippen molar-refractivity contribution in [3.05, 3.63) is 29.3 Å². The Balaban J connectivity index is 1.77. The molecular weight excluding hydrogens is 266 g/mol. The molecule has 1 aromatic rings. The number of hydrogen-bond donors (Lipinski definition) is 2. The van der Waals surface area contributed by atoms with E-state index in [1.165, 1.54) is 0 Å². The topological polar surface area (TPSA) is 75.4 Å². The van der Waals surface area contributed by atoms with Crippen LogP contribution in [-0.2, 0) is 4.79 Å². The minimum atomic E-state index is -0.324. The van der Waals surface area contributed by atoms with Crippen LogP contribution in [-0.4, -0.2) is 35.3 Å². The summed E-state index contributed by atoms with van der Waals surface area (Å²) in [6.45, 7) is 2.52. The third-order valence-electron chi connectivity index (χ3n) is 4.22. The number of rotatable bonds is 3. The summed E-state index contributed by atoms with van der Waals surface area (Å²) in [6.07, 6.45) is 3.74. The fourth-order valence-corrected chi connectivity index (χ4v) is 2.89. The highest BCUT2D eigenvalue weighted by atomic mass is 16.2. The standard InChI is InChI=1S/C16H21N3O2/c1-10-9-11(17)4-7-13(10)16(21)19-8-2-3-14(19)15(20)18-12-5-6-12/h4,7,9,12,14H,2-3,5-6,8,17H2,1H3,(H,18,20). The molecule has 1 heterocycles. The zero-order valence-corrected chi connectivity index (χ0v) is 12.3. The van der Waals surface area contributed by atoms with E-state index < -0.39 is 0 Å². The number of benzene rings is 1. The van der Waals surface area contributed by atoms with Crippen molar-refractivity contribution in [2.45, 2.75) is 44.7 Å². The maximum absolute atomic E-state index is 12.7. The van der Waals surface area contributed by atoms with Gasteiger partial charge in [-0.25, -0.2) is 0 Å². The smallest absolute Gasteiger partial charge is 0.254 e. The zero-order chi connectivity index (χ0) is 15.0. The van der Waals surface area contributed by atoms with E-state index in [-0.39, 0.29) is 17.9 Å². The van der Waals surface area contributed by atoms with Gasteiger partial charge in [0.05, 0.1) is 0 Å². The lowest BCUT2D eigenvalue weighted by Crippen LogP contribution is -2.46. The Morgan fingerprint density at radius 2 is 2.05 bits per heavy atom. The molecule has 112 valence electrons. The van der Waals surface area contributed by atoms with Crippen LogP contribution in [0.25, 0.3) is 0 Å². The van der Waals surface area contributed by atoms with Gasteiger partial charge in [0.25, 0.3) is 5.91 Å². The molecule has 0 spiro atoms. The SMILES string of the molecule is Cc1cc(N)ccc1C(=O)N1CCCC1C(=O)NC1CC1. The number of nitrogens with one attached hydrogen (secondary N) is 1. The van der Waals surface area contributed by atoms with Gasteiger partial charge in [0.1, 0.15) is 6.04 Å². The molecule has 1 aromatic carbocycles. The van der Waals surface area contributed by atoms with Crippen LogP contribution in [0.3, 0.4) is 0 Å². The molecule has 1 unspecified atom stereocenters. The maximum Gasteiger partial charge on any atom is 0.254 e. The first-order valence-electron chi connectivity index (χ1n) is 7.54. The molecule has 1 saturated carbocycles. The quantitative estimate of drug-likeness (QED) is 0.826. The molecule has 2 fully saturated rings. The third-order valence-corrected chi connectivity index (χ3v) is 4.22. The van der Waals surface area contributed by atoms with Crippen LogP contribution in [0.2, 0.25) is 0 Å². The predicted octanol–water partition coefficient (Wildman–Crippen LogP) is 1.46. The molecule has 5 nitrogen and oxygen atoms in total. The molecule has 3 N–H and O–H groups in total. The fraction of sp³-hybridized carbons (Fsp3) is 0.500. The number of carbonyl (C=O) groups excluding carboxylic acids is 2. The lowest BCUT2D eigenvalue weighted by Gasteiger charge is -2.24. The summed E-state index contributed by atoms with van der Waals surface area (Å²) < 4.78 is 0. The molecule has 1 atom stereocenters. The number of hydrogen-bond acceptors (Lipinski definition) is 3. The number of likely N-dealkylation sites (tertiary alicyclic amines) is 1. The normalized spacial score (nSPS) is 21.4. The van der Waals surface area contributed by atoms with Gasteiger partial charge in [-0.3, -0.25) is 9.59 Å². The Labute approximate surface area is 124 Å². The van der Waals surface area contributed by atoms with Crippen molar-refractivity contribution in [1.82, 2.24) is 10.2 Å². The van der Waals surface area contributed by atoms with Gasteiger partial charge in [0.15, 0.2) is 0 Å². The van der Waals surface area contributed by atoms with E-state index in [2.05, 4.69) is 5.32 Å². The molecule has 2 amide bonds. The maximum atomic E-state index is 12.7. The van der Waals surface area contributed by atoms with E-state index >= 15 is 0 Å². The number of nitrogens with two attached hydrogens (primary N) is 1. The molecule has 0 aromatic heterocycles. The Kier molecular flexibility index (Phi) is 3.57. The van der Waals surface area contributed by atoms with Crippen LogP contribution < -0.4 is 11.1 Å². The largest absolute Gasteiger partial charge is 0.399 e. The molecule has 1 aliphatic carbocycles. The summed E-state index contributed by atoms with van der Waals surface area (Å²) in [7, 11) is 0. The minimum Gasteiger partial charge on any atom is -0.399 e. The van der Waals surface area contributed by atoms with Crippen molar-refractivity contribution in [3.8, 4) is 0 Å². The van der Waals surface area contributed by atoms with Crippen LogP contribution in [0, 0.1) is 6.92 Å². The lowest BCUT2D eigenvalue weighted by molar-refractivity contribution is -0.125. The summed E-state index contributed by atoms with van der Waals surface area (Å²) >= 11 is 0. The highest BCUT2D eigenvalue weighted by Crippen LogP contribution is 2.25. The van der Waals surface area contributed by atoms with E-state index in [1.54, 1.807) is 23.1 Å². The van der Waals surface area contributed by atoms with Crippen LogP contribution in [0.4, 0.5) is 5.69 Å². The van der Waals surface area contributed by atoms with Crippen LogP contribution in [0.15, 0.2) is 18.2 Å². The van der Waals surface area contributed by atoms with Gasteiger partial charge in [0.2, 0.25) is 5.91 Å². The fourth-order valence-electron chi connectivity index (χ4n) is 2.89. The molecular formula is C16H21N3O2. The number of anilines is 1. The van der Waals surface area contributed by atoms with Crippen molar-refractivity contribution in [1.29, 1.82) is 0 Å². The highest BCUT2D eigenvalue weighted by molar-refractivity contribution is 5.99. The van der Waals surface area contributed by atoms with Crippen LogP contribution >= 0.6 is 0 Å². The monoisotopic (exact) mass is 287 g/mol.